The Hall–Kier alpha value is -1.40. The van der Waals surface area contributed by atoms with Crippen molar-refractivity contribution in [3.8, 4) is 0 Å². The number of nitrogens with one attached hydrogen (secondary N) is 2. The van der Waals surface area contributed by atoms with E-state index in [1.54, 1.807) is 13.8 Å². The highest BCUT2D eigenvalue weighted by Crippen LogP contribution is 2.24. The Bertz CT molecular complexity index is 522. The summed E-state index contributed by atoms with van der Waals surface area (Å²) in [6, 6.07) is 1.24. The molecular formula is C17H26N2O3S. The van der Waals surface area contributed by atoms with Crippen molar-refractivity contribution in [2.24, 2.45) is 5.92 Å². The molecule has 6 heteroatoms. The van der Waals surface area contributed by atoms with E-state index in [0.717, 1.165) is 31.2 Å². The fourth-order valence-corrected chi connectivity index (χ4v) is 3.63. The van der Waals surface area contributed by atoms with Gasteiger partial charge in [0.1, 0.15) is 11.6 Å². The van der Waals surface area contributed by atoms with Crippen LogP contribution in [0.5, 0.6) is 0 Å². The lowest BCUT2D eigenvalue weighted by atomic mass is 9.88. The lowest BCUT2D eigenvalue weighted by Gasteiger charge is -2.25. The zero-order chi connectivity index (χ0) is 16.9. The predicted octanol–water partition coefficient (Wildman–Crippen LogP) is 2.16. The number of hydrogen-bond acceptors (Lipinski definition) is 4. The van der Waals surface area contributed by atoms with Gasteiger partial charge in [-0.05, 0) is 49.1 Å². The fourth-order valence-electron chi connectivity index (χ4n) is 2.85. The molecule has 2 atom stereocenters. The Balaban J connectivity index is 1.79. The third kappa shape index (κ3) is 5.04. The molecule has 1 heterocycles. The summed E-state index contributed by atoms with van der Waals surface area (Å²) in [4.78, 5) is 24.3. The van der Waals surface area contributed by atoms with Crippen LogP contribution in [-0.2, 0) is 15.2 Å². The van der Waals surface area contributed by atoms with E-state index in [9.17, 15) is 14.7 Å². The molecule has 0 saturated heterocycles. The quantitative estimate of drug-likeness (QED) is 0.744. The van der Waals surface area contributed by atoms with Crippen molar-refractivity contribution in [1.29, 1.82) is 0 Å². The zero-order valence-electron chi connectivity index (χ0n) is 13.8. The van der Waals surface area contributed by atoms with Crippen LogP contribution in [0.4, 0.5) is 0 Å². The average molecular weight is 338 g/mol. The summed E-state index contributed by atoms with van der Waals surface area (Å²) in [5, 5.41) is 19.7. The number of hydrogen-bond donors (Lipinski definition) is 3. The van der Waals surface area contributed by atoms with Crippen molar-refractivity contribution < 1.29 is 14.7 Å². The molecular weight excluding hydrogens is 312 g/mol. The maximum Gasteiger partial charge on any atom is 0.242 e. The van der Waals surface area contributed by atoms with Crippen LogP contribution < -0.4 is 10.6 Å². The minimum atomic E-state index is -1.11. The van der Waals surface area contributed by atoms with Gasteiger partial charge in [0.15, 0.2) is 0 Å². The molecule has 1 aliphatic carbocycles. The summed E-state index contributed by atoms with van der Waals surface area (Å²) in [5.41, 5.74) is -0.329. The molecule has 0 bridgehead atoms. The first-order valence-corrected chi connectivity index (χ1v) is 9.17. The van der Waals surface area contributed by atoms with E-state index < -0.39 is 11.6 Å². The van der Waals surface area contributed by atoms with Crippen LogP contribution in [0.3, 0.4) is 0 Å². The molecule has 1 aromatic heterocycles. The number of amides is 2. The second-order valence-corrected chi connectivity index (χ2v) is 7.35. The van der Waals surface area contributed by atoms with Gasteiger partial charge in [-0.2, -0.15) is 11.3 Å². The van der Waals surface area contributed by atoms with E-state index in [-0.39, 0.29) is 24.3 Å². The van der Waals surface area contributed by atoms with E-state index in [1.807, 2.05) is 16.8 Å². The maximum atomic E-state index is 12.2. The molecule has 2 amide bonds. The highest BCUT2D eigenvalue weighted by molar-refractivity contribution is 7.08. The molecule has 23 heavy (non-hydrogen) atoms. The number of thiophene rings is 1. The van der Waals surface area contributed by atoms with Crippen molar-refractivity contribution in [1.82, 2.24) is 10.6 Å². The van der Waals surface area contributed by atoms with E-state index in [1.165, 1.54) is 17.8 Å². The molecule has 1 saturated carbocycles. The number of carbonyl (C=O) groups is 2. The Labute approximate surface area is 141 Å². The van der Waals surface area contributed by atoms with Gasteiger partial charge in [0.25, 0.3) is 0 Å². The Morgan fingerprint density at radius 3 is 2.70 bits per heavy atom. The van der Waals surface area contributed by atoms with Crippen molar-refractivity contribution in [3.63, 3.8) is 0 Å². The first-order chi connectivity index (χ1) is 10.9. The van der Waals surface area contributed by atoms with Crippen LogP contribution in [0, 0.1) is 5.92 Å². The van der Waals surface area contributed by atoms with E-state index in [2.05, 4.69) is 10.6 Å². The summed E-state index contributed by atoms with van der Waals surface area (Å²) in [6.07, 6.45) is 5.18. The molecule has 3 N–H and O–H groups in total. The first-order valence-electron chi connectivity index (χ1n) is 8.23. The summed E-state index contributed by atoms with van der Waals surface area (Å²) < 4.78 is 0. The van der Waals surface area contributed by atoms with Gasteiger partial charge in [0.2, 0.25) is 11.8 Å². The van der Waals surface area contributed by atoms with E-state index in [0.29, 0.717) is 0 Å². The van der Waals surface area contributed by atoms with Gasteiger partial charge in [-0.25, -0.2) is 0 Å². The van der Waals surface area contributed by atoms with Crippen LogP contribution in [0.15, 0.2) is 16.8 Å². The van der Waals surface area contributed by atoms with Gasteiger partial charge in [-0.3, -0.25) is 9.59 Å². The second-order valence-electron chi connectivity index (χ2n) is 6.57. The summed E-state index contributed by atoms with van der Waals surface area (Å²) in [6.45, 7) is 3.46. The molecule has 1 aliphatic rings. The topological polar surface area (TPSA) is 78.4 Å². The van der Waals surface area contributed by atoms with Gasteiger partial charge < -0.3 is 15.7 Å². The minimum Gasteiger partial charge on any atom is -0.384 e. The van der Waals surface area contributed by atoms with Crippen LogP contribution in [0.2, 0.25) is 0 Å². The molecule has 0 aliphatic heterocycles. The van der Waals surface area contributed by atoms with Crippen molar-refractivity contribution in [2.75, 3.05) is 6.54 Å². The van der Waals surface area contributed by atoms with Gasteiger partial charge >= 0.3 is 0 Å². The van der Waals surface area contributed by atoms with Crippen LogP contribution in [0.25, 0.3) is 0 Å². The highest BCUT2D eigenvalue weighted by Gasteiger charge is 2.27. The molecule has 0 spiro atoms. The Morgan fingerprint density at radius 1 is 1.39 bits per heavy atom. The predicted molar refractivity (Wildman–Crippen MR) is 91.1 cm³/mol. The SMILES string of the molecule is C[C@@H](NC(=O)C1CCCCC1)C(=O)NC[C@](C)(O)c1ccsc1. The van der Waals surface area contributed by atoms with E-state index >= 15 is 0 Å². The third-order valence-corrected chi connectivity index (χ3v) is 5.16. The highest BCUT2D eigenvalue weighted by atomic mass is 32.1. The lowest BCUT2D eigenvalue weighted by molar-refractivity contribution is -0.131. The van der Waals surface area contributed by atoms with Crippen molar-refractivity contribution in [2.45, 2.75) is 57.6 Å². The third-order valence-electron chi connectivity index (χ3n) is 4.48. The standard InChI is InChI=1S/C17H26N2O3S/c1-12(19-16(21)13-6-4-3-5-7-13)15(20)18-11-17(2,22)14-8-9-23-10-14/h8-10,12-13,22H,3-7,11H2,1-2H3,(H,18,20)(H,19,21)/t12-,17+/m1/s1. The molecule has 2 rings (SSSR count). The Morgan fingerprint density at radius 2 is 2.09 bits per heavy atom. The number of rotatable bonds is 6. The van der Waals surface area contributed by atoms with Crippen LogP contribution in [-0.4, -0.2) is 29.5 Å². The van der Waals surface area contributed by atoms with Crippen molar-refractivity contribution >= 4 is 23.2 Å². The zero-order valence-corrected chi connectivity index (χ0v) is 14.6. The molecule has 0 radical (unpaired) electrons. The summed E-state index contributed by atoms with van der Waals surface area (Å²) >= 11 is 1.50. The first kappa shape index (κ1) is 17.9. The summed E-state index contributed by atoms with van der Waals surface area (Å²) in [5.74, 6) is -0.269. The maximum absolute atomic E-state index is 12.2. The van der Waals surface area contributed by atoms with Gasteiger partial charge in [0, 0.05) is 5.92 Å². The van der Waals surface area contributed by atoms with E-state index in [4.69, 9.17) is 0 Å². The average Bonchev–Trinajstić information content (AvgIpc) is 3.08. The molecule has 0 aromatic carbocycles. The number of carbonyl (C=O) groups excluding carboxylic acids is 2. The normalized spacial score (nSPS) is 19.6. The largest absolute Gasteiger partial charge is 0.384 e. The van der Waals surface area contributed by atoms with Crippen LogP contribution in [0.1, 0.15) is 51.5 Å². The lowest BCUT2D eigenvalue weighted by Crippen LogP contribution is -2.49. The summed E-state index contributed by atoms with van der Waals surface area (Å²) in [7, 11) is 0. The van der Waals surface area contributed by atoms with Crippen molar-refractivity contribution in [3.05, 3.63) is 22.4 Å². The molecule has 1 fully saturated rings. The fraction of sp³-hybridized carbons (Fsp3) is 0.647. The molecule has 1 aromatic rings. The smallest absolute Gasteiger partial charge is 0.242 e. The molecule has 128 valence electrons. The van der Waals surface area contributed by atoms with Crippen LogP contribution >= 0.6 is 11.3 Å². The number of aliphatic hydroxyl groups is 1. The molecule has 0 unspecified atom stereocenters. The van der Waals surface area contributed by atoms with Gasteiger partial charge in [-0.15, -0.1) is 0 Å². The monoisotopic (exact) mass is 338 g/mol. The van der Waals surface area contributed by atoms with Gasteiger partial charge in [0.05, 0.1) is 6.54 Å². The minimum absolute atomic E-state index is 0.0306. The molecule has 5 nitrogen and oxygen atoms in total. The Kier molecular flexibility index (Phi) is 6.18. The second kappa shape index (κ2) is 7.93. The van der Waals surface area contributed by atoms with Gasteiger partial charge in [-0.1, -0.05) is 19.3 Å².